The quantitative estimate of drug-likeness (QED) is 0.722. The SMILES string of the molecule is CCC1(C(=O)OCCC(C)(C)OC)CCNC1. The largest absolute Gasteiger partial charge is 0.465 e. The molecule has 4 heteroatoms. The first-order valence-electron chi connectivity index (χ1n) is 6.39. The van der Waals surface area contributed by atoms with Gasteiger partial charge in [0.2, 0.25) is 0 Å². The van der Waals surface area contributed by atoms with Gasteiger partial charge in [0.25, 0.3) is 0 Å². The van der Waals surface area contributed by atoms with E-state index in [0.717, 1.165) is 32.4 Å². The third-order valence-electron chi connectivity index (χ3n) is 3.84. The molecule has 0 amide bonds. The number of carbonyl (C=O) groups is 1. The van der Waals surface area contributed by atoms with Crippen molar-refractivity contribution in [3.8, 4) is 0 Å². The maximum atomic E-state index is 12.1. The molecule has 0 spiro atoms. The Morgan fingerprint density at radius 3 is 2.65 bits per heavy atom. The molecule has 0 bridgehead atoms. The highest BCUT2D eigenvalue weighted by Crippen LogP contribution is 2.31. The average molecular weight is 243 g/mol. The molecule has 0 aromatic rings. The second-order valence-electron chi connectivity index (χ2n) is 5.41. The molecule has 1 rings (SSSR count). The fourth-order valence-corrected chi connectivity index (χ4v) is 2.01. The molecule has 100 valence electrons. The Kier molecular flexibility index (Phi) is 4.95. The van der Waals surface area contributed by atoms with Crippen molar-refractivity contribution >= 4 is 5.97 Å². The summed E-state index contributed by atoms with van der Waals surface area (Å²) in [7, 11) is 1.68. The smallest absolute Gasteiger partial charge is 0.313 e. The summed E-state index contributed by atoms with van der Waals surface area (Å²) in [5.74, 6) is -0.0584. The van der Waals surface area contributed by atoms with Gasteiger partial charge in [0.15, 0.2) is 0 Å². The Bertz CT molecular complexity index is 257. The maximum absolute atomic E-state index is 12.1. The lowest BCUT2D eigenvalue weighted by Crippen LogP contribution is -2.35. The number of hydrogen-bond acceptors (Lipinski definition) is 4. The van der Waals surface area contributed by atoms with Crippen molar-refractivity contribution in [2.45, 2.75) is 45.6 Å². The number of nitrogens with one attached hydrogen (secondary N) is 1. The monoisotopic (exact) mass is 243 g/mol. The summed E-state index contributed by atoms with van der Waals surface area (Å²) in [6, 6.07) is 0. The zero-order valence-corrected chi connectivity index (χ0v) is 11.5. The van der Waals surface area contributed by atoms with Crippen molar-refractivity contribution in [1.82, 2.24) is 5.32 Å². The van der Waals surface area contributed by atoms with Crippen molar-refractivity contribution in [2.75, 3.05) is 26.8 Å². The highest BCUT2D eigenvalue weighted by molar-refractivity contribution is 5.77. The first-order chi connectivity index (χ1) is 7.96. The summed E-state index contributed by atoms with van der Waals surface area (Å²) in [4.78, 5) is 12.1. The van der Waals surface area contributed by atoms with E-state index in [1.54, 1.807) is 7.11 Å². The summed E-state index contributed by atoms with van der Waals surface area (Å²) in [5, 5.41) is 3.24. The third-order valence-corrected chi connectivity index (χ3v) is 3.84. The molecule has 1 aliphatic rings. The molecule has 0 saturated carbocycles. The minimum atomic E-state index is -0.294. The topological polar surface area (TPSA) is 47.6 Å². The van der Waals surface area contributed by atoms with Crippen LogP contribution in [0.2, 0.25) is 0 Å². The van der Waals surface area contributed by atoms with E-state index in [2.05, 4.69) is 5.32 Å². The van der Waals surface area contributed by atoms with Crippen LogP contribution in [-0.2, 0) is 14.3 Å². The average Bonchev–Trinajstić information content (AvgIpc) is 2.78. The van der Waals surface area contributed by atoms with Gasteiger partial charge in [-0.2, -0.15) is 0 Å². The molecule has 1 N–H and O–H groups in total. The van der Waals surface area contributed by atoms with Gasteiger partial charge in [-0.15, -0.1) is 0 Å². The van der Waals surface area contributed by atoms with Crippen molar-refractivity contribution in [3.63, 3.8) is 0 Å². The number of methoxy groups -OCH3 is 1. The minimum absolute atomic E-state index is 0.0584. The molecule has 1 unspecified atom stereocenters. The van der Waals surface area contributed by atoms with Gasteiger partial charge < -0.3 is 14.8 Å². The van der Waals surface area contributed by atoms with E-state index < -0.39 is 0 Å². The van der Waals surface area contributed by atoms with Crippen LogP contribution in [0.25, 0.3) is 0 Å². The summed E-state index contributed by atoms with van der Waals surface area (Å²) in [6.45, 7) is 8.12. The highest BCUT2D eigenvalue weighted by Gasteiger charge is 2.41. The number of carbonyl (C=O) groups excluding carboxylic acids is 1. The molecule has 0 aromatic carbocycles. The maximum Gasteiger partial charge on any atom is 0.313 e. The molecule has 0 radical (unpaired) electrons. The van der Waals surface area contributed by atoms with Crippen LogP contribution in [0.3, 0.4) is 0 Å². The van der Waals surface area contributed by atoms with E-state index in [1.165, 1.54) is 0 Å². The lowest BCUT2D eigenvalue weighted by Gasteiger charge is -2.26. The molecule has 1 fully saturated rings. The van der Waals surface area contributed by atoms with E-state index in [4.69, 9.17) is 9.47 Å². The van der Waals surface area contributed by atoms with Crippen LogP contribution in [0.4, 0.5) is 0 Å². The number of rotatable bonds is 6. The van der Waals surface area contributed by atoms with Gasteiger partial charge in [-0.1, -0.05) is 6.92 Å². The lowest BCUT2D eigenvalue weighted by atomic mass is 9.84. The van der Waals surface area contributed by atoms with Crippen LogP contribution in [0.15, 0.2) is 0 Å². The Balaban J connectivity index is 2.39. The van der Waals surface area contributed by atoms with Gasteiger partial charge in [-0.25, -0.2) is 0 Å². The first kappa shape index (κ1) is 14.5. The summed E-state index contributed by atoms with van der Waals surface area (Å²) < 4.78 is 10.7. The van der Waals surface area contributed by atoms with Crippen LogP contribution in [0.1, 0.15) is 40.0 Å². The molecule has 17 heavy (non-hydrogen) atoms. The van der Waals surface area contributed by atoms with Gasteiger partial charge in [0, 0.05) is 20.1 Å². The second-order valence-corrected chi connectivity index (χ2v) is 5.41. The van der Waals surface area contributed by atoms with Crippen LogP contribution in [0, 0.1) is 5.41 Å². The Morgan fingerprint density at radius 1 is 1.47 bits per heavy atom. The minimum Gasteiger partial charge on any atom is -0.465 e. The zero-order chi connectivity index (χ0) is 12.9. The van der Waals surface area contributed by atoms with Crippen LogP contribution >= 0.6 is 0 Å². The Morgan fingerprint density at radius 2 is 2.18 bits per heavy atom. The third kappa shape index (κ3) is 3.68. The predicted molar refractivity (Wildman–Crippen MR) is 66.9 cm³/mol. The summed E-state index contributed by atoms with van der Waals surface area (Å²) in [6.07, 6.45) is 2.45. The first-order valence-corrected chi connectivity index (χ1v) is 6.39. The van der Waals surface area contributed by atoms with Crippen molar-refractivity contribution in [3.05, 3.63) is 0 Å². The Labute approximate surface area is 104 Å². The van der Waals surface area contributed by atoms with Gasteiger partial charge >= 0.3 is 5.97 Å². The van der Waals surface area contributed by atoms with Gasteiger partial charge in [-0.3, -0.25) is 4.79 Å². The predicted octanol–water partition coefficient (Wildman–Crippen LogP) is 1.73. The molecule has 1 heterocycles. The van der Waals surface area contributed by atoms with E-state index in [9.17, 15) is 4.79 Å². The molecular weight excluding hydrogens is 218 g/mol. The second kappa shape index (κ2) is 5.83. The molecule has 1 saturated heterocycles. The highest BCUT2D eigenvalue weighted by atomic mass is 16.5. The van der Waals surface area contributed by atoms with Crippen LogP contribution in [-0.4, -0.2) is 38.4 Å². The van der Waals surface area contributed by atoms with Gasteiger partial charge in [-0.05, 0) is 33.2 Å². The van der Waals surface area contributed by atoms with E-state index in [0.29, 0.717) is 6.61 Å². The molecule has 1 aliphatic heterocycles. The molecule has 0 aliphatic carbocycles. The number of esters is 1. The molecule has 4 nitrogen and oxygen atoms in total. The normalized spacial score (nSPS) is 24.9. The number of ether oxygens (including phenoxy) is 2. The van der Waals surface area contributed by atoms with Gasteiger partial charge in [0.05, 0.1) is 17.6 Å². The Hall–Kier alpha value is -0.610. The summed E-state index contributed by atoms with van der Waals surface area (Å²) in [5.41, 5.74) is -0.523. The van der Waals surface area contributed by atoms with E-state index in [1.807, 2.05) is 20.8 Å². The van der Waals surface area contributed by atoms with Crippen molar-refractivity contribution in [2.24, 2.45) is 5.41 Å². The lowest BCUT2D eigenvalue weighted by molar-refractivity contribution is -0.156. The van der Waals surface area contributed by atoms with Crippen molar-refractivity contribution < 1.29 is 14.3 Å². The number of hydrogen-bond donors (Lipinski definition) is 1. The van der Waals surface area contributed by atoms with E-state index in [-0.39, 0.29) is 17.0 Å². The fourth-order valence-electron chi connectivity index (χ4n) is 2.01. The van der Waals surface area contributed by atoms with Crippen molar-refractivity contribution in [1.29, 1.82) is 0 Å². The fraction of sp³-hybridized carbons (Fsp3) is 0.923. The molecule has 0 aromatic heterocycles. The summed E-state index contributed by atoms with van der Waals surface area (Å²) >= 11 is 0. The molecular formula is C13H25NO3. The zero-order valence-electron chi connectivity index (χ0n) is 11.5. The molecule has 1 atom stereocenters. The van der Waals surface area contributed by atoms with Gasteiger partial charge in [0.1, 0.15) is 0 Å². The van der Waals surface area contributed by atoms with Crippen LogP contribution < -0.4 is 5.32 Å². The standard InChI is InChI=1S/C13H25NO3/c1-5-13(6-8-14-10-13)11(15)17-9-7-12(2,3)16-4/h14H,5-10H2,1-4H3. The van der Waals surface area contributed by atoms with Crippen LogP contribution in [0.5, 0.6) is 0 Å². The van der Waals surface area contributed by atoms with E-state index >= 15 is 0 Å².